The number of aryl methyl sites for hydroxylation is 1. The van der Waals surface area contributed by atoms with Crippen molar-refractivity contribution in [3.8, 4) is 17.5 Å². The van der Waals surface area contributed by atoms with E-state index < -0.39 is 15.7 Å². The zero-order valence-electron chi connectivity index (χ0n) is 17.3. The fraction of sp³-hybridized carbons (Fsp3) is 0.550. The predicted octanol–water partition coefficient (Wildman–Crippen LogP) is 2.91. The van der Waals surface area contributed by atoms with Gasteiger partial charge >= 0.3 is 0 Å². The van der Waals surface area contributed by atoms with Crippen LogP contribution in [0.5, 0.6) is 17.5 Å². The van der Waals surface area contributed by atoms with Crippen LogP contribution in [-0.4, -0.2) is 59.3 Å². The van der Waals surface area contributed by atoms with Crippen molar-refractivity contribution < 1.29 is 22.3 Å². The summed E-state index contributed by atoms with van der Waals surface area (Å²) >= 11 is 0. The first-order valence-electron chi connectivity index (χ1n) is 9.93. The van der Waals surface area contributed by atoms with Crippen molar-refractivity contribution in [2.75, 3.05) is 19.3 Å². The molecule has 2 fully saturated rings. The Balaban J connectivity index is 1.45. The van der Waals surface area contributed by atoms with Gasteiger partial charge in [0.05, 0.1) is 5.69 Å². The Hall–Kier alpha value is -2.33. The van der Waals surface area contributed by atoms with E-state index in [1.807, 2.05) is 0 Å². The summed E-state index contributed by atoms with van der Waals surface area (Å²) in [5, 5.41) is -0.0778. The van der Waals surface area contributed by atoms with Crippen LogP contribution in [0.15, 0.2) is 23.5 Å². The summed E-state index contributed by atoms with van der Waals surface area (Å²) in [6.07, 6.45) is 6.23. The first-order chi connectivity index (χ1) is 14.2. The molecular weight excluding hydrogens is 411 g/mol. The zero-order valence-corrected chi connectivity index (χ0v) is 18.1. The number of hydrogen-bond acceptors (Lipinski definition) is 8. The minimum Gasteiger partial charge on any atom is -0.472 e. The fourth-order valence-corrected chi connectivity index (χ4v) is 4.22. The van der Waals surface area contributed by atoms with Crippen LogP contribution < -0.4 is 9.47 Å². The van der Waals surface area contributed by atoms with E-state index in [1.54, 1.807) is 6.92 Å². The number of hydrogen-bond donors (Lipinski definition) is 0. The molecule has 2 aromatic heterocycles. The van der Waals surface area contributed by atoms with E-state index in [0.717, 1.165) is 32.2 Å². The van der Waals surface area contributed by atoms with E-state index in [9.17, 15) is 12.8 Å². The smallest absolute Gasteiger partial charge is 0.263 e. The molecule has 3 heterocycles. The molecule has 1 saturated heterocycles. The lowest BCUT2D eigenvalue weighted by molar-refractivity contribution is 0.0666. The SMILES string of the molecule is Cc1nc(S(C)(=O)=O)ccc1Oc1ncnc(OC2CCN(C3(C)CC3)CC2)c1F. The Morgan fingerprint density at radius 1 is 1.17 bits per heavy atom. The van der Waals surface area contributed by atoms with Gasteiger partial charge in [-0.2, -0.15) is 14.4 Å². The maximum absolute atomic E-state index is 14.9. The molecule has 1 aliphatic carbocycles. The number of aromatic nitrogens is 3. The van der Waals surface area contributed by atoms with Crippen LogP contribution in [-0.2, 0) is 9.84 Å². The number of halogens is 1. The summed E-state index contributed by atoms with van der Waals surface area (Å²) in [5.41, 5.74) is 0.643. The average molecular weight is 437 g/mol. The van der Waals surface area contributed by atoms with Crippen molar-refractivity contribution >= 4 is 9.84 Å². The molecule has 0 radical (unpaired) electrons. The van der Waals surface area contributed by atoms with E-state index in [-0.39, 0.29) is 28.6 Å². The van der Waals surface area contributed by atoms with Gasteiger partial charge in [0.25, 0.3) is 11.8 Å². The van der Waals surface area contributed by atoms with Crippen LogP contribution in [0.25, 0.3) is 0 Å². The fourth-order valence-electron chi connectivity index (χ4n) is 3.60. The van der Waals surface area contributed by atoms with Crippen LogP contribution in [0.2, 0.25) is 0 Å². The minimum absolute atomic E-state index is 0.0778. The summed E-state index contributed by atoms with van der Waals surface area (Å²) in [6, 6.07) is 2.73. The first kappa shape index (κ1) is 20.9. The second-order valence-electron chi connectivity index (χ2n) is 8.21. The number of rotatable bonds is 6. The largest absolute Gasteiger partial charge is 0.472 e. The molecule has 2 aliphatic rings. The summed E-state index contributed by atoms with van der Waals surface area (Å²) in [5.74, 6) is -1.02. The quantitative estimate of drug-likeness (QED) is 0.682. The minimum atomic E-state index is -3.45. The molecule has 162 valence electrons. The molecule has 0 bridgehead atoms. The van der Waals surface area contributed by atoms with Gasteiger partial charge in [-0.25, -0.2) is 13.4 Å². The zero-order chi connectivity index (χ0) is 21.5. The second-order valence-corrected chi connectivity index (χ2v) is 10.2. The van der Waals surface area contributed by atoms with Crippen LogP contribution in [0.3, 0.4) is 0 Å². The van der Waals surface area contributed by atoms with Crippen LogP contribution >= 0.6 is 0 Å². The van der Waals surface area contributed by atoms with E-state index in [1.165, 1.54) is 31.3 Å². The molecule has 0 aromatic carbocycles. The van der Waals surface area contributed by atoms with E-state index in [4.69, 9.17) is 9.47 Å². The molecule has 0 atom stereocenters. The van der Waals surface area contributed by atoms with Gasteiger partial charge in [0.2, 0.25) is 5.82 Å². The molecule has 1 aliphatic heterocycles. The molecule has 30 heavy (non-hydrogen) atoms. The van der Waals surface area contributed by atoms with Crippen molar-refractivity contribution in [1.29, 1.82) is 0 Å². The summed E-state index contributed by atoms with van der Waals surface area (Å²) in [6.45, 7) is 5.71. The molecule has 10 heteroatoms. The van der Waals surface area contributed by atoms with Gasteiger partial charge < -0.3 is 9.47 Å². The lowest BCUT2D eigenvalue weighted by Gasteiger charge is -2.36. The molecule has 1 saturated carbocycles. The maximum Gasteiger partial charge on any atom is 0.263 e. The van der Waals surface area contributed by atoms with Crippen molar-refractivity contribution in [3.63, 3.8) is 0 Å². The molecule has 0 N–H and O–H groups in total. The second kappa shape index (κ2) is 7.73. The van der Waals surface area contributed by atoms with Gasteiger partial charge in [0.1, 0.15) is 12.4 Å². The highest BCUT2D eigenvalue weighted by Crippen LogP contribution is 2.42. The summed E-state index contributed by atoms with van der Waals surface area (Å²) in [4.78, 5) is 14.3. The molecule has 2 aromatic rings. The van der Waals surface area contributed by atoms with Gasteiger partial charge in [-0.05, 0) is 51.7 Å². The Bertz CT molecular complexity index is 1050. The van der Waals surface area contributed by atoms with Crippen molar-refractivity contribution in [1.82, 2.24) is 19.9 Å². The molecule has 0 unspecified atom stereocenters. The van der Waals surface area contributed by atoms with Crippen LogP contribution in [0.4, 0.5) is 4.39 Å². The third-order valence-corrected chi connectivity index (χ3v) is 6.77. The highest BCUT2D eigenvalue weighted by Gasteiger charge is 2.44. The topological polar surface area (TPSA) is 94.5 Å². The Kier molecular flexibility index (Phi) is 5.39. The lowest BCUT2D eigenvalue weighted by Crippen LogP contribution is -2.44. The van der Waals surface area contributed by atoms with Gasteiger partial charge in [-0.15, -0.1) is 0 Å². The Morgan fingerprint density at radius 3 is 2.43 bits per heavy atom. The van der Waals surface area contributed by atoms with Gasteiger partial charge in [-0.1, -0.05) is 0 Å². The van der Waals surface area contributed by atoms with Crippen molar-refractivity contribution in [3.05, 3.63) is 30.0 Å². The Morgan fingerprint density at radius 2 is 1.83 bits per heavy atom. The highest BCUT2D eigenvalue weighted by atomic mass is 32.2. The van der Waals surface area contributed by atoms with E-state index in [2.05, 4.69) is 26.8 Å². The lowest BCUT2D eigenvalue weighted by atomic mass is 10.1. The van der Waals surface area contributed by atoms with Crippen LogP contribution in [0.1, 0.15) is 38.3 Å². The third-order valence-electron chi connectivity index (χ3n) is 5.78. The summed E-state index contributed by atoms with van der Waals surface area (Å²) < 4.78 is 49.5. The van der Waals surface area contributed by atoms with Gasteiger partial charge in [0.15, 0.2) is 20.6 Å². The number of nitrogens with zero attached hydrogens (tertiary/aromatic N) is 4. The number of sulfone groups is 1. The molecule has 4 rings (SSSR count). The highest BCUT2D eigenvalue weighted by molar-refractivity contribution is 7.90. The molecule has 0 amide bonds. The number of pyridine rings is 1. The maximum atomic E-state index is 14.9. The predicted molar refractivity (Wildman–Crippen MR) is 107 cm³/mol. The molecule has 0 spiro atoms. The Labute approximate surface area is 175 Å². The number of likely N-dealkylation sites (tertiary alicyclic amines) is 1. The average Bonchev–Trinajstić information content (AvgIpc) is 3.45. The van der Waals surface area contributed by atoms with Crippen molar-refractivity contribution in [2.24, 2.45) is 0 Å². The third kappa shape index (κ3) is 4.39. The van der Waals surface area contributed by atoms with Gasteiger partial charge in [-0.3, -0.25) is 4.90 Å². The van der Waals surface area contributed by atoms with Crippen LogP contribution in [0, 0.1) is 12.7 Å². The monoisotopic (exact) mass is 436 g/mol. The standard InChI is InChI=1S/C20H25FN4O4S/c1-13-15(4-5-16(24-13)30(3,26)27)29-19-17(21)18(22-12-23-19)28-14-6-10-25(11-7-14)20(2)8-9-20/h4-5,12,14H,6-11H2,1-3H3. The normalized spacial score (nSPS) is 19.5. The first-order valence-corrected chi connectivity index (χ1v) is 11.8. The van der Waals surface area contributed by atoms with E-state index in [0.29, 0.717) is 11.2 Å². The number of ether oxygens (including phenoxy) is 2. The number of piperidine rings is 1. The molecule has 8 nitrogen and oxygen atoms in total. The molecular formula is C20H25FN4O4S. The van der Waals surface area contributed by atoms with E-state index >= 15 is 0 Å². The van der Waals surface area contributed by atoms with Crippen molar-refractivity contribution in [2.45, 2.75) is 56.2 Å². The van der Waals surface area contributed by atoms with Gasteiger partial charge in [0, 0.05) is 24.9 Å². The summed E-state index contributed by atoms with van der Waals surface area (Å²) in [7, 11) is -3.45.